The summed E-state index contributed by atoms with van der Waals surface area (Å²) in [6.45, 7) is 14.3. The SMILES string of the molecule is CCOC(C(C)C)C(CCCC(C)(C)C)NC. The van der Waals surface area contributed by atoms with Gasteiger partial charge < -0.3 is 10.1 Å². The number of hydrogen-bond donors (Lipinski definition) is 1. The Hall–Kier alpha value is -0.0800. The molecule has 0 amide bonds. The van der Waals surface area contributed by atoms with Crippen molar-refractivity contribution in [2.75, 3.05) is 13.7 Å². The molecule has 0 saturated heterocycles. The normalized spacial score (nSPS) is 16.2. The van der Waals surface area contributed by atoms with E-state index in [9.17, 15) is 0 Å². The van der Waals surface area contributed by atoms with Crippen LogP contribution in [0.4, 0.5) is 0 Å². The highest BCUT2D eigenvalue weighted by atomic mass is 16.5. The summed E-state index contributed by atoms with van der Waals surface area (Å²) in [5.74, 6) is 0.571. The molecule has 1 N–H and O–H groups in total. The molecule has 0 saturated carbocycles. The Kier molecular flexibility index (Phi) is 8.06. The lowest BCUT2D eigenvalue weighted by atomic mass is 9.87. The van der Waals surface area contributed by atoms with Gasteiger partial charge in [-0.05, 0) is 38.1 Å². The Morgan fingerprint density at radius 3 is 2.12 bits per heavy atom. The maximum Gasteiger partial charge on any atom is 0.0750 e. The zero-order chi connectivity index (χ0) is 13.5. The van der Waals surface area contributed by atoms with Gasteiger partial charge in [-0.2, -0.15) is 0 Å². The van der Waals surface area contributed by atoms with Crippen molar-refractivity contribution >= 4 is 0 Å². The lowest BCUT2D eigenvalue weighted by molar-refractivity contribution is 0.00226. The molecule has 0 aromatic carbocycles. The molecule has 0 aromatic rings. The molecule has 0 bridgehead atoms. The Balaban J connectivity index is 4.19. The minimum atomic E-state index is 0.338. The zero-order valence-electron chi connectivity index (χ0n) is 13.0. The molecule has 17 heavy (non-hydrogen) atoms. The van der Waals surface area contributed by atoms with Gasteiger partial charge in [-0.15, -0.1) is 0 Å². The molecule has 0 aliphatic carbocycles. The van der Waals surface area contributed by atoms with Gasteiger partial charge in [0.25, 0.3) is 0 Å². The van der Waals surface area contributed by atoms with Gasteiger partial charge >= 0.3 is 0 Å². The minimum Gasteiger partial charge on any atom is -0.377 e. The highest BCUT2D eigenvalue weighted by Gasteiger charge is 2.23. The summed E-state index contributed by atoms with van der Waals surface area (Å²) >= 11 is 0. The molecule has 0 spiro atoms. The first-order valence-electron chi connectivity index (χ1n) is 7.10. The highest BCUT2D eigenvalue weighted by molar-refractivity contribution is 4.79. The molecular formula is C15H33NO. The Morgan fingerprint density at radius 2 is 1.76 bits per heavy atom. The van der Waals surface area contributed by atoms with E-state index in [0.717, 1.165) is 6.61 Å². The van der Waals surface area contributed by atoms with Crippen molar-refractivity contribution in [3.8, 4) is 0 Å². The maximum absolute atomic E-state index is 5.88. The van der Waals surface area contributed by atoms with Crippen LogP contribution in [0.5, 0.6) is 0 Å². The number of nitrogens with one attached hydrogen (secondary N) is 1. The van der Waals surface area contributed by atoms with Gasteiger partial charge in [-0.25, -0.2) is 0 Å². The molecule has 0 aromatic heterocycles. The van der Waals surface area contributed by atoms with E-state index in [4.69, 9.17) is 4.74 Å². The second-order valence-corrected chi connectivity index (χ2v) is 6.51. The summed E-state index contributed by atoms with van der Waals surface area (Å²) in [7, 11) is 2.05. The van der Waals surface area contributed by atoms with E-state index in [1.165, 1.54) is 19.3 Å². The fourth-order valence-electron chi connectivity index (χ4n) is 2.29. The van der Waals surface area contributed by atoms with Crippen molar-refractivity contribution in [1.29, 1.82) is 0 Å². The van der Waals surface area contributed by atoms with Gasteiger partial charge in [0.2, 0.25) is 0 Å². The lowest BCUT2D eigenvalue weighted by Gasteiger charge is -2.30. The van der Waals surface area contributed by atoms with E-state index in [2.05, 4.69) is 53.9 Å². The molecule has 2 heteroatoms. The van der Waals surface area contributed by atoms with Crippen molar-refractivity contribution < 1.29 is 4.74 Å². The first kappa shape index (κ1) is 16.9. The Bertz CT molecular complexity index is 184. The number of hydrogen-bond acceptors (Lipinski definition) is 2. The molecule has 0 heterocycles. The minimum absolute atomic E-state index is 0.338. The van der Waals surface area contributed by atoms with Crippen LogP contribution in [-0.4, -0.2) is 25.8 Å². The van der Waals surface area contributed by atoms with Crippen molar-refractivity contribution in [3.05, 3.63) is 0 Å². The third kappa shape index (κ3) is 7.77. The standard InChI is InChI=1S/C15H33NO/c1-8-17-14(12(2)3)13(16-7)10-9-11-15(4,5)6/h12-14,16H,8-11H2,1-7H3. The first-order valence-corrected chi connectivity index (χ1v) is 7.10. The number of rotatable bonds is 8. The second-order valence-electron chi connectivity index (χ2n) is 6.51. The maximum atomic E-state index is 5.88. The molecule has 0 aliphatic heterocycles. The van der Waals surface area contributed by atoms with Crippen molar-refractivity contribution in [1.82, 2.24) is 5.32 Å². The third-order valence-electron chi connectivity index (χ3n) is 3.23. The van der Waals surface area contributed by atoms with Crippen LogP contribution in [0, 0.1) is 11.3 Å². The summed E-state index contributed by atoms with van der Waals surface area (Å²) in [5.41, 5.74) is 0.442. The first-order chi connectivity index (χ1) is 7.81. The molecule has 2 nitrogen and oxygen atoms in total. The van der Waals surface area contributed by atoms with Crippen LogP contribution < -0.4 is 5.32 Å². The summed E-state index contributed by atoms with van der Waals surface area (Å²) in [5, 5.41) is 3.43. The van der Waals surface area contributed by atoms with E-state index < -0.39 is 0 Å². The second kappa shape index (κ2) is 8.10. The molecule has 0 radical (unpaired) electrons. The summed E-state index contributed by atoms with van der Waals surface area (Å²) in [6.07, 6.45) is 4.09. The average Bonchev–Trinajstić information content (AvgIpc) is 2.20. The molecule has 104 valence electrons. The van der Waals surface area contributed by atoms with Gasteiger partial charge in [0, 0.05) is 12.6 Å². The van der Waals surface area contributed by atoms with E-state index in [-0.39, 0.29) is 0 Å². The highest BCUT2D eigenvalue weighted by Crippen LogP contribution is 2.24. The van der Waals surface area contributed by atoms with Gasteiger partial charge in [-0.3, -0.25) is 0 Å². The predicted molar refractivity (Wildman–Crippen MR) is 76.4 cm³/mol. The fraction of sp³-hybridized carbons (Fsp3) is 1.00. The van der Waals surface area contributed by atoms with E-state index >= 15 is 0 Å². The molecule has 0 fully saturated rings. The summed E-state index contributed by atoms with van der Waals surface area (Å²) in [6, 6.07) is 0.484. The number of likely N-dealkylation sites (N-methyl/N-ethyl adjacent to an activating group) is 1. The predicted octanol–water partition coefficient (Wildman–Crippen LogP) is 3.85. The van der Waals surface area contributed by atoms with Crippen LogP contribution in [0.15, 0.2) is 0 Å². The molecule has 2 atom stereocenters. The van der Waals surface area contributed by atoms with Crippen molar-refractivity contribution in [3.63, 3.8) is 0 Å². The third-order valence-corrected chi connectivity index (χ3v) is 3.23. The van der Waals surface area contributed by atoms with Crippen LogP contribution in [-0.2, 0) is 4.74 Å². The van der Waals surface area contributed by atoms with Gasteiger partial charge in [0.15, 0.2) is 0 Å². The Labute approximate surface area is 109 Å². The lowest BCUT2D eigenvalue weighted by Crippen LogP contribution is -2.42. The van der Waals surface area contributed by atoms with Gasteiger partial charge in [-0.1, -0.05) is 41.0 Å². The van der Waals surface area contributed by atoms with Gasteiger partial charge in [0.05, 0.1) is 6.10 Å². The quantitative estimate of drug-likeness (QED) is 0.699. The van der Waals surface area contributed by atoms with Crippen LogP contribution >= 0.6 is 0 Å². The Morgan fingerprint density at radius 1 is 1.18 bits per heavy atom. The molecule has 0 rings (SSSR count). The smallest absolute Gasteiger partial charge is 0.0750 e. The largest absolute Gasteiger partial charge is 0.377 e. The average molecular weight is 243 g/mol. The molecular weight excluding hydrogens is 210 g/mol. The van der Waals surface area contributed by atoms with E-state index in [1.807, 2.05) is 0 Å². The topological polar surface area (TPSA) is 21.3 Å². The number of ether oxygens (including phenoxy) is 1. The van der Waals surface area contributed by atoms with E-state index in [1.54, 1.807) is 0 Å². The summed E-state index contributed by atoms with van der Waals surface area (Å²) < 4.78 is 5.88. The van der Waals surface area contributed by atoms with Crippen molar-refractivity contribution in [2.24, 2.45) is 11.3 Å². The fourth-order valence-corrected chi connectivity index (χ4v) is 2.29. The zero-order valence-corrected chi connectivity index (χ0v) is 13.0. The van der Waals surface area contributed by atoms with Crippen LogP contribution in [0.3, 0.4) is 0 Å². The van der Waals surface area contributed by atoms with E-state index in [0.29, 0.717) is 23.5 Å². The van der Waals surface area contributed by atoms with Gasteiger partial charge in [0.1, 0.15) is 0 Å². The van der Waals surface area contributed by atoms with Crippen LogP contribution in [0.25, 0.3) is 0 Å². The monoisotopic (exact) mass is 243 g/mol. The van der Waals surface area contributed by atoms with Crippen LogP contribution in [0.1, 0.15) is 60.8 Å². The van der Waals surface area contributed by atoms with Crippen molar-refractivity contribution in [2.45, 2.75) is 73.0 Å². The molecule has 0 aliphatic rings. The summed E-state index contributed by atoms with van der Waals surface area (Å²) in [4.78, 5) is 0. The van der Waals surface area contributed by atoms with Crippen LogP contribution in [0.2, 0.25) is 0 Å². The molecule has 2 unspecified atom stereocenters.